The summed E-state index contributed by atoms with van der Waals surface area (Å²) in [5.41, 5.74) is 0.728. The van der Waals surface area contributed by atoms with Gasteiger partial charge >= 0.3 is 5.97 Å². The summed E-state index contributed by atoms with van der Waals surface area (Å²) < 4.78 is 11.5. The lowest BCUT2D eigenvalue weighted by Crippen LogP contribution is -2.28. The standard InChI is InChI=1S/C18H21BrN2O5S/c1-4-20-18-21(5-2)17(24)15(27-18)8-11-7-13(25-6-3)14(9-12(11)19)26-10-16(22)23/h7-9H,4-6,10H2,1-3H3,(H,22,23)/b15-8+,20-18?. The van der Waals surface area contributed by atoms with Gasteiger partial charge in [-0.3, -0.25) is 14.7 Å². The molecule has 1 N–H and O–H groups in total. The molecule has 1 aromatic carbocycles. The number of amidine groups is 1. The number of aliphatic imine (C=N–C) groups is 1. The van der Waals surface area contributed by atoms with Gasteiger partial charge in [-0.15, -0.1) is 0 Å². The molecule has 2 rings (SSSR count). The fourth-order valence-electron chi connectivity index (χ4n) is 2.36. The largest absolute Gasteiger partial charge is 0.490 e. The number of nitrogens with zero attached hydrogens (tertiary/aromatic N) is 2. The van der Waals surface area contributed by atoms with Crippen LogP contribution in [0.2, 0.25) is 0 Å². The molecular weight excluding hydrogens is 436 g/mol. The lowest BCUT2D eigenvalue weighted by Gasteiger charge is -2.13. The Bertz CT molecular complexity index is 794. The Hall–Kier alpha value is -2.00. The van der Waals surface area contributed by atoms with Gasteiger partial charge in [-0.2, -0.15) is 0 Å². The second kappa shape index (κ2) is 9.80. The molecule has 0 unspecified atom stereocenters. The lowest BCUT2D eigenvalue weighted by atomic mass is 10.2. The van der Waals surface area contributed by atoms with E-state index in [-0.39, 0.29) is 5.91 Å². The molecule has 0 spiro atoms. The molecule has 0 aromatic heterocycles. The Morgan fingerprint density at radius 2 is 2.00 bits per heavy atom. The maximum absolute atomic E-state index is 12.6. The minimum absolute atomic E-state index is 0.0919. The van der Waals surface area contributed by atoms with Gasteiger partial charge in [0.1, 0.15) is 0 Å². The van der Waals surface area contributed by atoms with Gasteiger partial charge in [0.2, 0.25) is 0 Å². The quantitative estimate of drug-likeness (QED) is 0.600. The molecule has 1 amide bonds. The summed E-state index contributed by atoms with van der Waals surface area (Å²) >= 11 is 4.79. The first-order chi connectivity index (χ1) is 12.9. The molecule has 1 heterocycles. The Labute approximate surface area is 170 Å². The molecule has 0 saturated carbocycles. The number of aliphatic carboxylic acids is 1. The number of carboxylic acids is 1. The number of hydrogen-bond acceptors (Lipinski definition) is 6. The molecule has 1 aromatic rings. The second-order valence-electron chi connectivity index (χ2n) is 5.35. The van der Waals surface area contributed by atoms with Crippen LogP contribution in [0, 0.1) is 0 Å². The first-order valence-corrected chi connectivity index (χ1v) is 10.1. The molecule has 1 saturated heterocycles. The average molecular weight is 457 g/mol. The van der Waals surface area contributed by atoms with Crippen molar-refractivity contribution >= 4 is 50.8 Å². The lowest BCUT2D eigenvalue weighted by molar-refractivity contribution is -0.139. The van der Waals surface area contributed by atoms with E-state index in [9.17, 15) is 9.59 Å². The van der Waals surface area contributed by atoms with Crippen LogP contribution in [-0.4, -0.2) is 53.4 Å². The highest BCUT2D eigenvalue weighted by Crippen LogP contribution is 2.38. The van der Waals surface area contributed by atoms with Crippen LogP contribution in [0.1, 0.15) is 26.3 Å². The predicted octanol–water partition coefficient (Wildman–Crippen LogP) is 3.62. The minimum atomic E-state index is -1.07. The summed E-state index contributed by atoms with van der Waals surface area (Å²) in [5.74, 6) is -0.429. The van der Waals surface area contributed by atoms with Crippen molar-refractivity contribution in [3.63, 3.8) is 0 Å². The van der Waals surface area contributed by atoms with Gasteiger partial charge in [0.05, 0.1) is 11.5 Å². The molecule has 0 radical (unpaired) electrons. The summed E-state index contributed by atoms with van der Waals surface area (Å²) in [6, 6.07) is 3.36. The van der Waals surface area contributed by atoms with E-state index in [1.807, 2.05) is 20.8 Å². The molecular formula is C18H21BrN2O5S. The van der Waals surface area contributed by atoms with Crippen molar-refractivity contribution in [3.05, 3.63) is 27.1 Å². The van der Waals surface area contributed by atoms with Gasteiger partial charge in [-0.25, -0.2) is 4.79 Å². The Morgan fingerprint density at radius 1 is 1.30 bits per heavy atom. The smallest absolute Gasteiger partial charge is 0.341 e. The van der Waals surface area contributed by atoms with E-state index in [1.54, 1.807) is 23.1 Å². The molecule has 0 bridgehead atoms. The first kappa shape index (κ1) is 21.3. The number of thioether (sulfide) groups is 1. The fraction of sp³-hybridized carbons (Fsp3) is 0.389. The van der Waals surface area contributed by atoms with Crippen molar-refractivity contribution < 1.29 is 24.2 Å². The maximum Gasteiger partial charge on any atom is 0.341 e. The topological polar surface area (TPSA) is 88.4 Å². The molecule has 1 fully saturated rings. The van der Waals surface area contributed by atoms with Crippen molar-refractivity contribution in [2.75, 3.05) is 26.3 Å². The van der Waals surface area contributed by atoms with Gasteiger partial charge in [0.25, 0.3) is 5.91 Å². The van der Waals surface area contributed by atoms with E-state index < -0.39 is 12.6 Å². The van der Waals surface area contributed by atoms with Gasteiger partial charge in [0, 0.05) is 17.6 Å². The van der Waals surface area contributed by atoms with Gasteiger partial charge in [0.15, 0.2) is 23.3 Å². The number of carbonyl (C=O) groups excluding carboxylic acids is 1. The summed E-state index contributed by atoms with van der Waals surface area (Å²) in [6.45, 7) is 6.74. The highest BCUT2D eigenvalue weighted by molar-refractivity contribution is 9.10. The first-order valence-electron chi connectivity index (χ1n) is 8.47. The van der Waals surface area contributed by atoms with Crippen LogP contribution >= 0.6 is 27.7 Å². The van der Waals surface area contributed by atoms with E-state index in [0.717, 1.165) is 5.56 Å². The third-order valence-electron chi connectivity index (χ3n) is 3.50. The van der Waals surface area contributed by atoms with Crippen molar-refractivity contribution in [2.45, 2.75) is 20.8 Å². The summed E-state index contributed by atoms with van der Waals surface area (Å²) in [4.78, 5) is 29.9. The number of carbonyl (C=O) groups is 2. The van der Waals surface area contributed by atoms with Crippen molar-refractivity contribution in [1.29, 1.82) is 0 Å². The van der Waals surface area contributed by atoms with Crippen LogP contribution in [0.4, 0.5) is 0 Å². The average Bonchev–Trinajstić information content (AvgIpc) is 2.91. The fourth-order valence-corrected chi connectivity index (χ4v) is 3.90. The van der Waals surface area contributed by atoms with Crippen LogP contribution in [0.5, 0.6) is 11.5 Å². The maximum atomic E-state index is 12.6. The zero-order chi connectivity index (χ0) is 20.0. The number of amides is 1. The predicted molar refractivity (Wildman–Crippen MR) is 109 cm³/mol. The zero-order valence-electron chi connectivity index (χ0n) is 15.3. The molecule has 27 heavy (non-hydrogen) atoms. The third kappa shape index (κ3) is 5.26. The van der Waals surface area contributed by atoms with Crippen LogP contribution in [0.25, 0.3) is 6.08 Å². The van der Waals surface area contributed by atoms with Crippen molar-refractivity contribution in [3.8, 4) is 11.5 Å². The summed E-state index contributed by atoms with van der Waals surface area (Å²) in [7, 11) is 0. The van der Waals surface area contributed by atoms with Crippen LogP contribution in [0.3, 0.4) is 0 Å². The zero-order valence-corrected chi connectivity index (χ0v) is 17.7. The van der Waals surface area contributed by atoms with E-state index >= 15 is 0 Å². The molecule has 1 aliphatic rings. The third-order valence-corrected chi connectivity index (χ3v) is 5.23. The number of likely N-dealkylation sites (N-methyl/N-ethyl adjacent to an activating group) is 1. The van der Waals surface area contributed by atoms with Gasteiger partial charge in [-0.05, 0) is 56.3 Å². The molecule has 146 valence electrons. The van der Waals surface area contributed by atoms with Crippen molar-refractivity contribution in [1.82, 2.24) is 4.90 Å². The molecule has 0 atom stereocenters. The molecule has 1 aliphatic heterocycles. The number of rotatable bonds is 8. The second-order valence-corrected chi connectivity index (χ2v) is 7.22. The Balaban J connectivity index is 2.39. The highest BCUT2D eigenvalue weighted by atomic mass is 79.9. The normalized spacial score (nSPS) is 17.0. The number of carboxylic acid groups (broad SMARTS) is 1. The Kier molecular flexibility index (Phi) is 7.73. The van der Waals surface area contributed by atoms with Gasteiger partial charge in [-0.1, -0.05) is 15.9 Å². The number of benzene rings is 1. The number of hydrogen-bond donors (Lipinski definition) is 1. The van der Waals surface area contributed by atoms with Crippen LogP contribution in [0.15, 0.2) is 26.5 Å². The van der Waals surface area contributed by atoms with E-state index in [0.29, 0.717) is 45.7 Å². The number of halogens is 1. The van der Waals surface area contributed by atoms with Crippen LogP contribution in [-0.2, 0) is 9.59 Å². The van der Waals surface area contributed by atoms with Crippen molar-refractivity contribution in [2.24, 2.45) is 4.99 Å². The Morgan fingerprint density at radius 3 is 2.59 bits per heavy atom. The highest BCUT2D eigenvalue weighted by Gasteiger charge is 2.32. The summed E-state index contributed by atoms with van der Waals surface area (Å²) in [6.07, 6.45) is 1.77. The molecule has 0 aliphatic carbocycles. The van der Waals surface area contributed by atoms with E-state index in [2.05, 4.69) is 20.9 Å². The molecule has 7 nitrogen and oxygen atoms in total. The van der Waals surface area contributed by atoms with E-state index in [1.165, 1.54) is 11.8 Å². The minimum Gasteiger partial charge on any atom is -0.490 e. The number of ether oxygens (including phenoxy) is 2. The summed E-state index contributed by atoms with van der Waals surface area (Å²) in [5, 5.41) is 9.51. The van der Waals surface area contributed by atoms with E-state index in [4.69, 9.17) is 14.6 Å². The van der Waals surface area contributed by atoms with Crippen LogP contribution < -0.4 is 9.47 Å². The molecule has 9 heteroatoms. The SMILES string of the molecule is CCN=C1S/C(=C/c2cc(OCC)c(OCC(=O)O)cc2Br)C(=O)N1CC. The van der Waals surface area contributed by atoms with Gasteiger partial charge < -0.3 is 14.6 Å². The monoisotopic (exact) mass is 456 g/mol.